The molecule has 0 unspecified atom stereocenters. The van der Waals surface area contributed by atoms with Crippen LogP contribution in [-0.2, 0) is 0 Å². The Morgan fingerprint density at radius 3 is 1.86 bits per heavy atom. The summed E-state index contributed by atoms with van der Waals surface area (Å²) in [6, 6.07) is 0. The second-order valence-corrected chi connectivity index (χ2v) is 7.48. The van der Waals surface area contributed by atoms with Gasteiger partial charge in [0.1, 0.15) is 0 Å². The van der Waals surface area contributed by atoms with E-state index in [0.717, 1.165) is 30.0 Å². The smallest absolute Gasteiger partial charge is 0.224 e. The number of nitriles is 1. The summed E-state index contributed by atoms with van der Waals surface area (Å²) in [5.74, 6) is 0.896. The lowest BCUT2D eigenvalue weighted by Gasteiger charge is -2.36. The average Bonchev–Trinajstić information content (AvgIpc) is 2.55. The fraction of sp³-hybridized carbons (Fsp3) is 0.950. The van der Waals surface area contributed by atoms with Gasteiger partial charge in [-0.1, -0.05) is 71.6 Å². The van der Waals surface area contributed by atoms with Crippen molar-refractivity contribution >= 4 is 0 Å². The van der Waals surface area contributed by atoms with Gasteiger partial charge in [-0.15, -0.1) is 5.26 Å². The minimum absolute atomic E-state index is 0.747. The second kappa shape index (κ2) is 11.9. The molecule has 0 radical (unpaired) electrons. The summed E-state index contributed by atoms with van der Waals surface area (Å²) in [7, 11) is 0. The van der Waals surface area contributed by atoms with E-state index in [1.165, 1.54) is 83.5 Å². The predicted octanol–water partition coefficient (Wildman–Crippen LogP) is 6.03. The van der Waals surface area contributed by atoms with E-state index in [0.29, 0.717) is 0 Å². The SMILES string of the molecule is CCCCCCCCCCC[N+]1(C#N)CCC(CCC)CC1. The molecule has 0 atom stereocenters. The highest BCUT2D eigenvalue weighted by Gasteiger charge is 2.33. The van der Waals surface area contributed by atoms with Gasteiger partial charge < -0.3 is 0 Å². The maximum Gasteiger partial charge on any atom is 0.308 e. The Morgan fingerprint density at radius 1 is 0.818 bits per heavy atom. The van der Waals surface area contributed by atoms with Crippen molar-refractivity contribution in [3.05, 3.63) is 0 Å². The zero-order valence-corrected chi connectivity index (χ0v) is 15.3. The van der Waals surface area contributed by atoms with Crippen LogP contribution >= 0.6 is 0 Å². The summed E-state index contributed by atoms with van der Waals surface area (Å²) >= 11 is 0. The summed E-state index contributed by atoms with van der Waals surface area (Å²) in [6.07, 6.45) is 20.2. The van der Waals surface area contributed by atoms with Crippen molar-refractivity contribution in [2.75, 3.05) is 19.6 Å². The average molecular weight is 308 g/mol. The van der Waals surface area contributed by atoms with Gasteiger partial charge in [0, 0.05) is 12.8 Å². The highest BCUT2D eigenvalue weighted by Crippen LogP contribution is 2.27. The highest BCUT2D eigenvalue weighted by atomic mass is 15.3. The zero-order valence-electron chi connectivity index (χ0n) is 15.3. The van der Waals surface area contributed by atoms with E-state index >= 15 is 0 Å². The molecule has 0 aromatic rings. The largest absolute Gasteiger partial charge is 0.308 e. The molecule has 22 heavy (non-hydrogen) atoms. The third-order valence-corrected chi connectivity index (χ3v) is 5.53. The molecule has 0 aromatic heterocycles. The molecule has 1 saturated heterocycles. The lowest BCUT2D eigenvalue weighted by atomic mass is 9.91. The lowest BCUT2D eigenvalue weighted by molar-refractivity contribution is -0.872. The summed E-state index contributed by atoms with van der Waals surface area (Å²) in [4.78, 5) is 0. The zero-order chi connectivity index (χ0) is 16.1. The van der Waals surface area contributed by atoms with Gasteiger partial charge in [-0.05, 0) is 18.8 Å². The van der Waals surface area contributed by atoms with Crippen LogP contribution in [0.4, 0.5) is 0 Å². The number of nitrogens with zero attached hydrogens (tertiary/aromatic N) is 2. The molecule has 0 amide bonds. The Hall–Kier alpha value is -0.550. The molecule has 0 N–H and O–H groups in total. The van der Waals surface area contributed by atoms with Crippen molar-refractivity contribution < 1.29 is 4.48 Å². The van der Waals surface area contributed by atoms with E-state index in [9.17, 15) is 5.26 Å². The van der Waals surface area contributed by atoms with E-state index in [1.54, 1.807) is 0 Å². The third-order valence-electron chi connectivity index (χ3n) is 5.53. The molecular formula is C20H39N2+. The standard InChI is InChI=1S/C20H39N2/c1-3-5-6-7-8-9-10-11-12-16-22(19-21)17-14-20(13-4-2)15-18-22/h20H,3-18H2,1-2H3/q+1. The van der Waals surface area contributed by atoms with Gasteiger partial charge in [-0.2, -0.15) is 0 Å². The summed E-state index contributed by atoms with van der Waals surface area (Å²) in [5.41, 5.74) is 0. The maximum absolute atomic E-state index is 9.60. The highest BCUT2D eigenvalue weighted by molar-refractivity contribution is 4.70. The molecule has 2 nitrogen and oxygen atoms in total. The number of rotatable bonds is 12. The molecule has 1 aliphatic heterocycles. The molecule has 0 saturated carbocycles. The molecule has 1 rings (SSSR count). The summed E-state index contributed by atoms with van der Waals surface area (Å²) in [6.45, 7) is 7.88. The fourth-order valence-electron chi connectivity index (χ4n) is 3.91. The van der Waals surface area contributed by atoms with Gasteiger partial charge in [0.2, 0.25) is 0 Å². The van der Waals surface area contributed by atoms with E-state index in [1.807, 2.05) is 0 Å². The second-order valence-electron chi connectivity index (χ2n) is 7.48. The van der Waals surface area contributed by atoms with Crippen LogP contribution in [0.1, 0.15) is 97.3 Å². The van der Waals surface area contributed by atoms with Crippen molar-refractivity contribution in [2.45, 2.75) is 97.3 Å². The minimum Gasteiger partial charge on any atom is -0.224 e. The first kappa shape index (κ1) is 19.5. The Bertz CT molecular complexity index is 297. The van der Waals surface area contributed by atoms with E-state index in [-0.39, 0.29) is 0 Å². The van der Waals surface area contributed by atoms with Crippen molar-refractivity contribution in [1.82, 2.24) is 0 Å². The van der Waals surface area contributed by atoms with Crippen LogP contribution in [0.25, 0.3) is 0 Å². The van der Waals surface area contributed by atoms with E-state index < -0.39 is 0 Å². The molecule has 128 valence electrons. The van der Waals surface area contributed by atoms with Crippen LogP contribution in [0.15, 0.2) is 0 Å². The molecule has 1 heterocycles. The molecule has 0 aromatic carbocycles. The number of hydrogen-bond acceptors (Lipinski definition) is 1. The molecule has 0 spiro atoms. The molecular weight excluding hydrogens is 268 g/mol. The van der Waals surface area contributed by atoms with Crippen molar-refractivity contribution in [3.63, 3.8) is 0 Å². The Labute approximate surface area is 139 Å². The summed E-state index contributed by atoms with van der Waals surface area (Å²) in [5, 5.41) is 9.60. The number of piperidine rings is 1. The van der Waals surface area contributed by atoms with E-state index in [2.05, 4.69) is 20.0 Å². The lowest BCUT2D eigenvalue weighted by Crippen LogP contribution is -2.49. The first-order valence-electron chi connectivity index (χ1n) is 10.0. The Balaban J connectivity index is 2.06. The molecule has 2 heteroatoms. The fourth-order valence-corrected chi connectivity index (χ4v) is 3.91. The van der Waals surface area contributed by atoms with Crippen LogP contribution < -0.4 is 0 Å². The van der Waals surface area contributed by atoms with Crippen molar-refractivity contribution in [3.8, 4) is 6.19 Å². The van der Waals surface area contributed by atoms with Crippen molar-refractivity contribution in [1.29, 1.82) is 5.26 Å². The molecule has 0 aliphatic carbocycles. The van der Waals surface area contributed by atoms with Crippen LogP contribution in [0, 0.1) is 17.4 Å². The van der Waals surface area contributed by atoms with Crippen LogP contribution in [0.5, 0.6) is 0 Å². The molecule has 1 fully saturated rings. The maximum atomic E-state index is 9.60. The quantitative estimate of drug-likeness (QED) is 0.245. The van der Waals surface area contributed by atoms with Gasteiger partial charge in [0.15, 0.2) is 0 Å². The number of likely N-dealkylation sites (tertiary alicyclic amines) is 1. The van der Waals surface area contributed by atoms with Gasteiger partial charge >= 0.3 is 6.19 Å². The predicted molar refractivity (Wildman–Crippen MR) is 95.3 cm³/mol. The topological polar surface area (TPSA) is 23.8 Å². The Morgan fingerprint density at radius 2 is 1.36 bits per heavy atom. The van der Waals surface area contributed by atoms with Crippen LogP contribution in [0.2, 0.25) is 0 Å². The first-order valence-corrected chi connectivity index (χ1v) is 10.0. The number of hydrogen-bond donors (Lipinski definition) is 0. The van der Waals surface area contributed by atoms with Gasteiger partial charge in [0.25, 0.3) is 0 Å². The monoisotopic (exact) mass is 307 g/mol. The van der Waals surface area contributed by atoms with Gasteiger partial charge in [-0.25, -0.2) is 4.48 Å². The number of unbranched alkanes of at least 4 members (excludes halogenated alkanes) is 8. The van der Waals surface area contributed by atoms with Gasteiger partial charge in [0.05, 0.1) is 19.6 Å². The summed E-state index contributed by atoms with van der Waals surface area (Å²) < 4.78 is 0.747. The van der Waals surface area contributed by atoms with Crippen LogP contribution in [0.3, 0.4) is 0 Å². The molecule has 0 bridgehead atoms. The van der Waals surface area contributed by atoms with Crippen LogP contribution in [-0.4, -0.2) is 24.1 Å². The Kier molecular flexibility index (Phi) is 10.6. The third kappa shape index (κ3) is 7.63. The van der Waals surface area contributed by atoms with Gasteiger partial charge in [-0.3, -0.25) is 0 Å². The van der Waals surface area contributed by atoms with E-state index in [4.69, 9.17) is 0 Å². The first-order chi connectivity index (χ1) is 10.8. The number of quaternary nitrogens is 1. The molecule has 1 aliphatic rings. The van der Waals surface area contributed by atoms with Crippen molar-refractivity contribution in [2.24, 2.45) is 5.92 Å². The normalized spacial score (nSPS) is 25.0. The minimum atomic E-state index is 0.747.